The zero-order valence-electron chi connectivity index (χ0n) is 14.0. The van der Waals surface area contributed by atoms with Gasteiger partial charge < -0.3 is 11.1 Å². The summed E-state index contributed by atoms with van der Waals surface area (Å²) in [4.78, 5) is 14.5. The van der Waals surface area contributed by atoms with Gasteiger partial charge in [0.1, 0.15) is 0 Å². The number of carbonyl (C=O) groups excluding carboxylic acids is 1. The van der Waals surface area contributed by atoms with Crippen LogP contribution in [0.15, 0.2) is 24.3 Å². The van der Waals surface area contributed by atoms with E-state index in [-0.39, 0.29) is 17.9 Å². The van der Waals surface area contributed by atoms with Crippen molar-refractivity contribution in [3.63, 3.8) is 0 Å². The zero-order valence-corrected chi connectivity index (χ0v) is 14.0. The average Bonchev–Trinajstić information content (AvgIpc) is 2.92. The smallest absolute Gasteiger partial charge is 0.223 e. The highest BCUT2D eigenvalue weighted by atomic mass is 16.1. The van der Waals surface area contributed by atoms with E-state index < -0.39 is 0 Å². The van der Waals surface area contributed by atoms with Gasteiger partial charge in [-0.05, 0) is 51.3 Å². The minimum absolute atomic E-state index is 0.0977. The van der Waals surface area contributed by atoms with Gasteiger partial charge in [-0.2, -0.15) is 0 Å². The number of amides is 1. The van der Waals surface area contributed by atoms with Crippen LogP contribution >= 0.6 is 0 Å². The molecule has 0 saturated heterocycles. The summed E-state index contributed by atoms with van der Waals surface area (Å²) in [5.74, 6) is 0.250. The third-order valence-electron chi connectivity index (χ3n) is 4.72. The lowest BCUT2D eigenvalue weighted by atomic mass is 10.0. The molecule has 1 aromatic rings. The van der Waals surface area contributed by atoms with Gasteiger partial charge in [-0.1, -0.05) is 24.3 Å². The van der Waals surface area contributed by atoms with Crippen LogP contribution in [0.2, 0.25) is 0 Å². The SMILES string of the molecule is CC(C)N(C)Cc1ccccc1CNC(=O)C1CCC(N)C1. The van der Waals surface area contributed by atoms with E-state index in [0.717, 1.165) is 25.8 Å². The van der Waals surface area contributed by atoms with E-state index in [0.29, 0.717) is 12.6 Å². The molecule has 2 rings (SSSR count). The second-order valence-corrected chi connectivity index (χ2v) is 6.77. The second-order valence-electron chi connectivity index (χ2n) is 6.77. The van der Waals surface area contributed by atoms with Crippen molar-refractivity contribution < 1.29 is 4.79 Å². The molecule has 1 fully saturated rings. The molecule has 3 N–H and O–H groups in total. The summed E-state index contributed by atoms with van der Waals surface area (Å²) in [6.07, 6.45) is 2.71. The minimum atomic E-state index is 0.0977. The molecule has 0 bridgehead atoms. The summed E-state index contributed by atoms with van der Waals surface area (Å²) < 4.78 is 0. The average molecular weight is 303 g/mol. The van der Waals surface area contributed by atoms with Crippen LogP contribution in [0.1, 0.15) is 44.2 Å². The molecule has 0 aromatic heterocycles. The number of benzene rings is 1. The molecule has 1 aliphatic carbocycles. The van der Waals surface area contributed by atoms with Gasteiger partial charge >= 0.3 is 0 Å². The second kappa shape index (κ2) is 7.75. The standard InChI is InChI=1S/C18H29N3O/c1-13(2)21(3)12-16-7-5-4-6-15(16)11-20-18(22)14-8-9-17(19)10-14/h4-7,13-14,17H,8-12,19H2,1-3H3,(H,20,22). The number of nitrogens with two attached hydrogens (primary N) is 1. The lowest BCUT2D eigenvalue weighted by Gasteiger charge is -2.22. The Hall–Kier alpha value is -1.39. The summed E-state index contributed by atoms with van der Waals surface area (Å²) >= 11 is 0. The van der Waals surface area contributed by atoms with Crippen molar-refractivity contribution in [3.8, 4) is 0 Å². The Morgan fingerprint density at radius 3 is 2.59 bits per heavy atom. The van der Waals surface area contributed by atoms with Crippen LogP contribution in [0, 0.1) is 5.92 Å². The van der Waals surface area contributed by atoms with Crippen molar-refractivity contribution in [2.24, 2.45) is 11.7 Å². The molecule has 1 aromatic carbocycles. The van der Waals surface area contributed by atoms with Gasteiger partial charge in [-0.3, -0.25) is 9.69 Å². The van der Waals surface area contributed by atoms with Gasteiger partial charge in [0.25, 0.3) is 0 Å². The van der Waals surface area contributed by atoms with Crippen LogP contribution in [0.25, 0.3) is 0 Å². The Labute approximate surface area is 134 Å². The first-order chi connectivity index (χ1) is 10.5. The van der Waals surface area contributed by atoms with Gasteiger partial charge in [0.05, 0.1) is 0 Å². The molecule has 4 heteroatoms. The highest BCUT2D eigenvalue weighted by Crippen LogP contribution is 2.24. The van der Waals surface area contributed by atoms with E-state index in [4.69, 9.17) is 5.73 Å². The molecule has 1 aliphatic rings. The van der Waals surface area contributed by atoms with Crippen LogP contribution in [0.3, 0.4) is 0 Å². The Morgan fingerprint density at radius 2 is 2.00 bits per heavy atom. The van der Waals surface area contributed by atoms with E-state index in [9.17, 15) is 4.79 Å². The Bertz CT molecular complexity index is 501. The van der Waals surface area contributed by atoms with Crippen LogP contribution < -0.4 is 11.1 Å². The number of rotatable bonds is 6. The van der Waals surface area contributed by atoms with Crippen molar-refractivity contribution in [2.75, 3.05) is 7.05 Å². The fraction of sp³-hybridized carbons (Fsp3) is 0.611. The first-order valence-corrected chi connectivity index (χ1v) is 8.27. The number of nitrogens with zero attached hydrogens (tertiary/aromatic N) is 1. The van der Waals surface area contributed by atoms with Crippen molar-refractivity contribution in [3.05, 3.63) is 35.4 Å². The van der Waals surface area contributed by atoms with E-state index in [2.05, 4.69) is 49.3 Å². The zero-order chi connectivity index (χ0) is 16.1. The number of hydrogen-bond donors (Lipinski definition) is 2. The van der Waals surface area contributed by atoms with Gasteiger partial charge in [0.15, 0.2) is 0 Å². The molecule has 0 heterocycles. The lowest BCUT2D eigenvalue weighted by molar-refractivity contribution is -0.125. The molecule has 4 nitrogen and oxygen atoms in total. The highest BCUT2D eigenvalue weighted by Gasteiger charge is 2.27. The van der Waals surface area contributed by atoms with Gasteiger partial charge in [0.2, 0.25) is 5.91 Å². The number of hydrogen-bond acceptors (Lipinski definition) is 3. The molecule has 0 aliphatic heterocycles. The molecule has 1 saturated carbocycles. The monoisotopic (exact) mass is 303 g/mol. The topological polar surface area (TPSA) is 58.4 Å². The van der Waals surface area contributed by atoms with Crippen LogP contribution in [0.4, 0.5) is 0 Å². The van der Waals surface area contributed by atoms with Gasteiger partial charge in [-0.15, -0.1) is 0 Å². The molecular formula is C18H29N3O. The maximum atomic E-state index is 12.2. The number of carbonyl (C=O) groups is 1. The van der Waals surface area contributed by atoms with E-state index in [1.54, 1.807) is 0 Å². The van der Waals surface area contributed by atoms with E-state index in [1.807, 2.05) is 6.07 Å². The molecule has 22 heavy (non-hydrogen) atoms. The Morgan fingerprint density at radius 1 is 1.32 bits per heavy atom. The maximum Gasteiger partial charge on any atom is 0.223 e. The molecule has 2 unspecified atom stereocenters. The van der Waals surface area contributed by atoms with Crippen molar-refractivity contribution in [2.45, 2.75) is 58.3 Å². The summed E-state index contributed by atoms with van der Waals surface area (Å²) in [7, 11) is 2.12. The fourth-order valence-corrected chi connectivity index (χ4v) is 2.92. The highest BCUT2D eigenvalue weighted by molar-refractivity contribution is 5.79. The molecule has 1 amide bonds. The van der Waals surface area contributed by atoms with Crippen molar-refractivity contribution in [1.29, 1.82) is 0 Å². The third-order valence-corrected chi connectivity index (χ3v) is 4.72. The van der Waals surface area contributed by atoms with Crippen molar-refractivity contribution >= 4 is 5.91 Å². The number of nitrogens with one attached hydrogen (secondary N) is 1. The first kappa shape index (κ1) is 17.0. The molecule has 0 radical (unpaired) electrons. The summed E-state index contributed by atoms with van der Waals surface area (Å²) in [5, 5.41) is 3.09. The third kappa shape index (κ3) is 4.55. The van der Waals surface area contributed by atoms with E-state index >= 15 is 0 Å². The Kier molecular flexibility index (Phi) is 5.98. The normalized spacial score (nSPS) is 21.5. The predicted octanol–water partition coefficient (Wildman–Crippen LogP) is 2.27. The quantitative estimate of drug-likeness (QED) is 0.847. The summed E-state index contributed by atoms with van der Waals surface area (Å²) in [5.41, 5.74) is 8.37. The largest absolute Gasteiger partial charge is 0.352 e. The minimum Gasteiger partial charge on any atom is -0.352 e. The molecule has 0 spiro atoms. The lowest BCUT2D eigenvalue weighted by Crippen LogP contribution is -2.31. The van der Waals surface area contributed by atoms with Crippen LogP contribution in [-0.2, 0) is 17.9 Å². The fourth-order valence-electron chi connectivity index (χ4n) is 2.92. The maximum absolute atomic E-state index is 12.2. The van der Waals surface area contributed by atoms with Crippen LogP contribution in [0.5, 0.6) is 0 Å². The van der Waals surface area contributed by atoms with Crippen LogP contribution in [-0.4, -0.2) is 29.9 Å². The summed E-state index contributed by atoms with van der Waals surface area (Å²) in [6.45, 7) is 5.88. The molecular weight excluding hydrogens is 274 g/mol. The summed E-state index contributed by atoms with van der Waals surface area (Å²) in [6, 6.07) is 9.04. The first-order valence-electron chi connectivity index (χ1n) is 8.27. The van der Waals surface area contributed by atoms with Gasteiger partial charge in [0, 0.05) is 31.1 Å². The predicted molar refractivity (Wildman–Crippen MR) is 90.2 cm³/mol. The Balaban J connectivity index is 1.93. The van der Waals surface area contributed by atoms with Crippen molar-refractivity contribution in [1.82, 2.24) is 10.2 Å². The molecule has 122 valence electrons. The molecule has 2 atom stereocenters. The van der Waals surface area contributed by atoms with Gasteiger partial charge in [-0.25, -0.2) is 0 Å². The van der Waals surface area contributed by atoms with E-state index in [1.165, 1.54) is 11.1 Å².